The van der Waals surface area contributed by atoms with E-state index in [2.05, 4.69) is 20.8 Å². The Morgan fingerprint density at radius 1 is 0.600 bits per heavy atom. The molecule has 0 fully saturated rings. The normalized spacial score (nSPS) is 11.6. The topological polar surface area (TPSA) is 63.6 Å². The van der Waals surface area contributed by atoms with Crippen molar-refractivity contribution in [3.05, 3.63) is 0 Å². The standard InChI is InChI=1S/C26H50O4/c1-4-7-10-15-18-23-26(21-8-5-2,22-9-6-3)30-25(29)20-17-14-12-11-13-16-19-24(27)28/h4-23H2,1-3H3,(H,27,28). The van der Waals surface area contributed by atoms with Crippen LogP contribution in [0.15, 0.2) is 0 Å². The molecule has 0 saturated heterocycles. The second-order valence-corrected chi connectivity index (χ2v) is 9.04. The first-order valence-electron chi connectivity index (χ1n) is 12.9. The first-order valence-corrected chi connectivity index (χ1v) is 12.9. The molecule has 178 valence electrons. The average molecular weight is 427 g/mol. The summed E-state index contributed by atoms with van der Waals surface area (Å²) >= 11 is 0. The number of carboxylic acids is 1. The van der Waals surface area contributed by atoms with Crippen LogP contribution >= 0.6 is 0 Å². The van der Waals surface area contributed by atoms with Crippen LogP contribution in [0.4, 0.5) is 0 Å². The number of ether oxygens (including phenoxy) is 1. The summed E-state index contributed by atoms with van der Waals surface area (Å²) < 4.78 is 6.22. The number of hydrogen-bond donors (Lipinski definition) is 1. The smallest absolute Gasteiger partial charge is 0.306 e. The van der Waals surface area contributed by atoms with Crippen LogP contribution in [-0.2, 0) is 14.3 Å². The minimum absolute atomic E-state index is 0.0124. The summed E-state index contributed by atoms with van der Waals surface area (Å²) in [6.07, 6.45) is 20.4. The summed E-state index contributed by atoms with van der Waals surface area (Å²) in [6.45, 7) is 6.67. The molecule has 0 aliphatic rings. The third-order valence-electron chi connectivity index (χ3n) is 6.06. The zero-order valence-corrected chi connectivity index (χ0v) is 20.3. The Labute approximate surface area is 186 Å². The van der Waals surface area contributed by atoms with Crippen molar-refractivity contribution in [2.24, 2.45) is 0 Å². The lowest BCUT2D eigenvalue weighted by Crippen LogP contribution is -2.35. The first-order chi connectivity index (χ1) is 14.5. The second-order valence-electron chi connectivity index (χ2n) is 9.04. The van der Waals surface area contributed by atoms with Crippen LogP contribution < -0.4 is 0 Å². The molecule has 1 N–H and O–H groups in total. The van der Waals surface area contributed by atoms with Crippen LogP contribution in [0, 0.1) is 0 Å². The Morgan fingerprint density at radius 2 is 1.03 bits per heavy atom. The number of hydrogen-bond acceptors (Lipinski definition) is 3. The maximum Gasteiger partial charge on any atom is 0.306 e. The summed E-state index contributed by atoms with van der Waals surface area (Å²) in [7, 11) is 0. The highest BCUT2D eigenvalue weighted by atomic mass is 16.6. The van der Waals surface area contributed by atoms with Crippen LogP contribution in [0.25, 0.3) is 0 Å². The van der Waals surface area contributed by atoms with Crippen LogP contribution in [0.3, 0.4) is 0 Å². The molecule has 0 amide bonds. The van der Waals surface area contributed by atoms with E-state index < -0.39 is 5.97 Å². The molecule has 0 aliphatic heterocycles. The van der Waals surface area contributed by atoms with Crippen LogP contribution in [0.2, 0.25) is 0 Å². The fraction of sp³-hybridized carbons (Fsp3) is 0.923. The average Bonchev–Trinajstić information content (AvgIpc) is 2.72. The molecule has 0 aromatic carbocycles. The van der Waals surface area contributed by atoms with Gasteiger partial charge in [-0.05, 0) is 51.4 Å². The van der Waals surface area contributed by atoms with Gasteiger partial charge in [-0.1, -0.05) is 85.0 Å². The maximum absolute atomic E-state index is 12.6. The van der Waals surface area contributed by atoms with Crippen LogP contribution in [0.1, 0.15) is 149 Å². The van der Waals surface area contributed by atoms with Crippen molar-refractivity contribution < 1.29 is 19.4 Å². The molecule has 4 nitrogen and oxygen atoms in total. The first kappa shape index (κ1) is 28.9. The third-order valence-corrected chi connectivity index (χ3v) is 6.06. The van der Waals surface area contributed by atoms with Crippen LogP contribution in [-0.4, -0.2) is 22.6 Å². The minimum atomic E-state index is -0.710. The molecule has 30 heavy (non-hydrogen) atoms. The molecule has 0 aliphatic carbocycles. The predicted octanol–water partition coefficient (Wildman–Crippen LogP) is 8.21. The quantitative estimate of drug-likeness (QED) is 0.140. The highest BCUT2D eigenvalue weighted by Crippen LogP contribution is 2.33. The zero-order valence-electron chi connectivity index (χ0n) is 20.3. The molecule has 0 aromatic rings. The summed E-state index contributed by atoms with van der Waals surface area (Å²) in [4.78, 5) is 23.2. The Bertz CT molecular complexity index is 411. The fourth-order valence-electron chi connectivity index (χ4n) is 4.12. The van der Waals surface area contributed by atoms with Gasteiger partial charge in [0.1, 0.15) is 5.60 Å². The number of carbonyl (C=O) groups is 2. The molecule has 0 rings (SSSR count). The highest BCUT2D eigenvalue weighted by Gasteiger charge is 2.32. The van der Waals surface area contributed by atoms with E-state index in [1.54, 1.807) is 0 Å². The molecular weight excluding hydrogens is 376 g/mol. The molecule has 0 saturated carbocycles. The predicted molar refractivity (Wildman–Crippen MR) is 126 cm³/mol. The van der Waals surface area contributed by atoms with Gasteiger partial charge in [-0.2, -0.15) is 0 Å². The molecule has 0 bridgehead atoms. The molecular formula is C26H50O4. The Balaban J connectivity index is 4.41. The van der Waals surface area contributed by atoms with E-state index in [0.717, 1.165) is 89.9 Å². The van der Waals surface area contributed by atoms with E-state index in [1.807, 2.05) is 0 Å². The van der Waals surface area contributed by atoms with Gasteiger partial charge in [0, 0.05) is 12.8 Å². The van der Waals surface area contributed by atoms with Crippen molar-refractivity contribution in [1.82, 2.24) is 0 Å². The number of unbranched alkanes of at least 4 members (excludes halogenated alkanes) is 11. The van der Waals surface area contributed by atoms with Crippen molar-refractivity contribution in [3.63, 3.8) is 0 Å². The Morgan fingerprint density at radius 3 is 1.57 bits per heavy atom. The number of carboxylic acid groups (broad SMARTS) is 1. The van der Waals surface area contributed by atoms with Gasteiger partial charge in [0.05, 0.1) is 0 Å². The molecule has 0 aromatic heterocycles. The van der Waals surface area contributed by atoms with E-state index in [-0.39, 0.29) is 18.0 Å². The Hall–Kier alpha value is -1.06. The Kier molecular flexibility index (Phi) is 19.2. The van der Waals surface area contributed by atoms with E-state index >= 15 is 0 Å². The van der Waals surface area contributed by atoms with E-state index in [9.17, 15) is 9.59 Å². The van der Waals surface area contributed by atoms with E-state index in [1.165, 1.54) is 25.7 Å². The van der Waals surface area contributed by atoms with Gasteiger partial charge in [0.2, 0.25) is 0 Å². The number of esters is 1. The lowest BCUT2D eigenvalue weighted by molar-refractivity contribution is -0.163. The zero-order chi connectivity index (χ0) is 22.5. The van der Waals surface area contributed by atoms with Gasteiger partial charge in [0.15, 0.2) is 0 Å². The van der Waals surface area contributed by atoms with Gasteiger partial charge in [-0.3, -0.25) is 9.59 Å². The molecule has 4 heteroatoms. The molecule has 0 atom stereocenters. The fourth-order valence-corrected chi connectivity index (χ4v) is 4.12. The summed E-state index contributed by atoms with van der Waals surface area (Å²) in [6, 6.07) is 0. The third kappa shape index (κ3) is 16.7. The van der Waals surface area contributed by atoms with Gasteiger partial charge in [0.25, 0.3) is 0 Å². The summed E-state index contributed by atoms with van der Waals surface area (Å²) in [5.74, 6) is -0.723. The largest absolute Gasteiger partial charge is 0.481 e. The monoisotopic (exact) mass is 426 g/mol. The van der Waals surface area contributed by atoms with Gasteiger partial charge < -0.3 is 9.84 Å². The van der Waals surface area contributed by atoms with Crippen molar-refractivity contribution in [3.8, 4) is 0 Å². The minimum Gasteiger partial charge on any atom is -0.481 e. The number of rotatable bonds is 22. The van der Waals surface area contributed by atoms with Crippen LogP contribution in [0.5, 0.6) is 0 Å². The molecule has 0 unspecified atom stereocenters. The van der Waals surface area contributed by atoms with Crippen molar-refractivity contribution >= 4 is 11.9 Å². The number of carbonyl (C=O) groups excluding carboxylic acids is 1. The van der Waals surface area contributed by atoms with Gasteiger partial charge in [-0.25, -0.2) is 0 Å². The van der Waals surface area contributed by atoms with Crippen molar-refractivity contribution in [1.29, 1.82) is 0 Å². The molecule has 0 heterocycles. The van der Waals surface area contributed by atoms with E-state index in [0.29, 0.717) is 6.42 Å². The van der Waals surface area contributed by atoms with Crippen molar-refractivity contribution in [2.75, 3.05) is 0 Å². The van der Waals surface area contributed by atoms with Gasteiger partial charge >= 0.3 is 11.9 Å². The number of aliphatic carboxylic acids is 1. The summed E-state index contributed by atoms with van der Waals surface area (Å²) in [5, 5.41) is 8.66. The lowest BCUT2D eigenvalue weighted by Gasteiger charge is -2.34. The van der Waals surface area contributed by atoms with Gasteiger partial charge in [-0.15, -0.1) is 0 Å². The maximum atomic E-state index is 12.6. The van der Waals surface area contributed by atoms with E-state index in [4.69, 9.17) is 9.84 Å². The second kappa shape index (κ2) is 19.9. The molecule has 0 spiro atoms. The highest BCUT2D eigenvalue weighted by molar-refractivity contribution is 5.69. The summed E-state index contributed by atoms with van der Waals surface area (Å²) in [5.41, 5.74) is -0.244. The lowest BCUT2D eigenvalue weighted by atomic mass is 9.85. The SMILES string of the molecule is CCCCCCCC(CCCC)(CCCC)OC(=O)CCCCCCCCC(=O)O. The molecule has 0 radical (unpaired) electrons. The van der Waals surface area contributed by atoms with Crippen molar-refractivity contribution in [2.45, 2.75) is 155 Å².